The fraction of sp³-hybridized carbons (Fsp3) is 0.294. The number of carbonyl (C=O) groups is 2. The average molecular weight is 405 g/mol. The lowest BCUT2D eigenvalue weighted by atomic mass is 10.2. The van der Waals surface area contributed by atoms with Crippen LogP contribution in [0.25, 0.3) is 0 Å². The summed E-state index contributed by atoms with van der Waals surface area (Å²) in [6.07, 6.45) is -2.64. The van der Waals surface area contributed by atoms with Crippen LogP contribution in [0.3, 0.4) is 0 Å². The van der Waals surface area contributed by atoms with Crippen LogP contribution >= 0.6 is 11.6 Å². The molecular formula is C17H16ClF3N2O4. The first kappa shape index (κ1) is 20.8. The van der Waals surface area contributed by atoms with E-state index in [4.69, 9.17) is 20.8 Å². The number of rotatable bonds is 7. The number of hydrogen-bond donors (Lipinski definition) is 2. The summed E-state index contributed by atoms with van der Waals surface area (Å²) in [7, 11) is 0. The van der Waals surface area contributed by atoms with Crippen molar-refractivity contribution < 1.29 is 31.9 Å². The molecule has 1 aromatic heterocycles. The van der Waals surface area contributed by atoms with Gasteiger partial charge in [-0.15, -0.1) is 0 Å². The van der Waals surface area contributed by atoms with Gasteiger partial charge in [0.05, 0.1) is 22.5 Å². The summed E-state index contributed by atoms with van der Waals surface area (Å²) in [5.74, 6) is -1.45. The molecule has 0 spiro atoms. The van der Waals surface area contributed by atoms with Crippen molar-refractivity contribution in [1.29, 1.82) is 0 Å². The maximum atomic E-state index is 12.7. The predicted molar refractivity (Wildman–Crippen MR) is 91.1 cm³/mol. The highest BCUT2D eigenvalue weighted by molar-refractivity contribution is 6.41. The van der Waals surface area contributed by atoms with E-state index in [1.165, 1.54) is 6.26 Å². The minimum absolute atomic E-state index is 0.115. The summed E-state index contributed by atoms with van der Waals surface area (Å²) in [5.41, 5.74) is -1.29. The lowest BCUT2D eigenvalue weighted by molar-refractivity contribution is -0.137. The molecule has 0 fully saturated rings. The molecule has 2 rings (SSSR count). The number of furan rings is 1. The number of carbonyl (C=O) groups excluding carboxylic acids is 2. The Kier molecular flexibility index (Phi) is 7.26. The van der Waals surface area contributed by atoms with Crippen molar-refractivity contribution in [2.45, 2.75) is 19.2 Å². The quantitative estimate of drug-likeness (QED) is 0.545. The summed E-state index contributed by atoms with van der Waals surface area (Å²) in [5, 5.41) is 4.29. The normalized spacial score (nSPS) is 11.3. The Bertz CT molecular complexity index is 779. The van der Waals surface area contributed by atoms with Gasteiger partial charge in [0, 0.05) is 13.2 Å². The Morgan fingerprint density at radius 1 is 1.19 bits per heavy atom. The van der Waals surface area contributed by atoms with Crippen molar-refractivity contribution in [2.75, 3.05) is 18.5 Å². The van der Waals surface area contributed by atoms with E-state index in [1.54, 1.807) is 12.1 Å². The van der Waals surface area contributed by atoms with Gasteiger partial charge in [-0.2, -0.15) is 13.2 Å². The largest absolute Gasteiger partial charge is 0.467 e. The number of benzene rings is 1. The van der Waals surface area contributed by atoms with Crippen molar-refractivity contribution in [2.24, 2.45) is 0 Å². The second-order valence-corrected chi connectivity index (χ2v) is 5.80. The third-order valence-corrected chi connectivity index (χ3v) is 3.65. The fourth-order valence-corrected chi connectivity index (χ4v) is 2.17. The molecule has 0 aliphatic heterocycles. The molecule has 0 radical (unpaired) electrons. The van der Waals surface area contributed by atoms with Crippen molar-refractivity contribution in [3.63, 3.8) is 0 Å². The first-order valence-electron chi connectivity index (χ1n) is 7.83. The number of halogens is 4. The topological polar surface area (TPSA) is 80.6 Å². The number of amides is 2. The molecule has 2 amide bonds. The Hall–Kier alpha value is -2.52. The summed E-state index contributed by atoms with van der Waals surface area (Å²) in [4.78, 5) is 23.5. The van der Waals surface area contributed by atoms with Gasteiger partial charge in [-0.1, -0.05) is 11.6 Å². The molecule has 2 N–H and O–H groups in total. The SMILES string of the molecule is O=C(NCCCOCc1ccco1)C(=O)Nc1cc(C(F)(F)F)ccc1Cl. The second-order valence-electron chi connectivity index (χ2n) is 5.39. The predicted octanol–water partition coefficient (Wildman–Crippen LogP) is 3.61. The number of nitrogens with one attached hydrogen (secondary N) is 2. The highest BCUT2D eigenvalue weighted by Gasteiger charge is 2.31. The number of anilines is 1. The van der Waals surface area contributed by atoms with E-state index in [2.05, 4.69) is 10.6 Å². The maximum absolute atomic E-state index is 12.7. The lowest BCUT2D eigenvalue weighted by Crippen LogP contribution is -2.36. The van der Waals surface area contributed by atoms with Gasteiger partial charge in [-0.05, 0) is 36.8 Å². The molecule has 0 saturated heterocycles. The van der Waals surface area contributed by atoms with Gasteiger partial charge in [0.15, 0.2) is 0 Å². The summed E-state index contributed by atoms with van der Waals surface area (Å²) in [6, 6.07) is 5.92. The minimum Gasteiger partial charge on any atom is -0.467 e. The van der Waals surface area contributed by atoms with Crippen molar-refractivity contribution in [3.8, 4) is 0 Å². The molecule has 0 aliphatic rings. The van der Waals surface area contributed by atoms with Crippen LogP contribution in [-0.2, 0) is 27.1 Å². The molecule has 1 aromatic carbocycles. The summed E-state index contributed by atoms with van der Waals surface area (Å²) in [6.45, 7) is 0.762. The Labute approximate surface area is 157 Å². The highest BCUT2D eigenvalue weighted by atomic mass is 35.5. The van der Waals surface area contributed by atoms with Crippen LogP contribution in [0.2, 0.25) is 5.02 Å². The number of hydrogen-bond acceptors (Lipinski definition) is 4. The van der Waals surface area contributed by atoms with E-state index >= 15 is 0 Å². The zero-order valence-electron chi connectivity index (χ0n) is 13.9. The van der Waals surface area contributed by atoms with E-state index in [0.29, 0.717) is 24.9 Å². The molecule has 146 valence electrons. The second kappa shape index (κ2) is 9.43. The zero-order valence-corrected chi connectivity index (χ0v) is 14.7. The van der Waals surface area contributed by atoms with Crippen molar-refractivity contribution in [1.82, 2.24) is 5.32 Å². The van der Waals surface area contributed by atoms with E-state index in [9.17, 15) is 22.8 Å². The van der Waals surface area contributed by atoms with Gasteiger partial charge < -0.3 is 19.8 Å². The van der Waals surface area contributed by atoms with E-state index < -0.39 is 23.6 Å². The monoisotopic (exact) mass is 404 g/mol. The minimum atomic E-state index is -4.60. The molecule has 0 saturated carbocycles. The van der Waals surface area contributed by atoms with Gasteiger partial charge in [-0.3, -0.25) is 9.59 Å². The van der Waals surface area contributed by atoms with Crippen LogP contribution in [0.5, 0.6) is 0 Å². The van der Waals surface area contributed by atoms with Crippen LogP contribution in [0.15, 0.2) is 41.0 Å². The van der Waals surface area contributed by atoms with Crippen LogP contribution in [0, 0.1) is 0 Å². The number of alkyl halides is 3. The third-order valence-electron chi connectivity index (χ3n) is 3.32. The van der Waals surface area contributed by atoms with Crippen LogP contribution in [0.4, 0.5) is 18.9 Å². The van der Waals surface area contributed by atoms with Gasteiger partial charge in [-0.25, -0.2) is 0 Å². The van der Waals surface area contributed by atoms with Crippen molar-refractivity contribution in [3.05, 3.63) is 52.9 Å². The van der Waals surface area contributed by atoms with Crippen LogP contribution < -0.4 is 10.6 Å². The van der Waals surface area contributed by atoms with Gasteiger partial charge >= 0.3 is 18.0 Å². The van der Waals surface area contributed by atoms with E-state index in [-0.39, 0.29) is 23.9 Å². The van der Waals surface area contributed by atoms with Gasteiger partial charge in [0.2, 0.25) is 0 Å². The zero-order chi connectivity index (χ0) is 19.9. The Morgan fingerprint density at radius 2 is 1.96 bits per heavy atom. The first-order valence-corrected chi connectivity index (χ1v) is 8.21. The van der Waals surface area contributed by atoms with Gasteiger partial charge in [0.1, 0.15) is 12.4 Å². The Morgan fingerprint density at radius 3 is 2.63 bits per heavy atom. The molecule has 6 nitrogen and oxygen atoms in total. The maximum Gasteiger partial charge on any atom is 0.416 e. The standard InChI is InChI=1S/C17H16ClF3N2O4/c18-13-5-4-11(17(19,20)21)9-14(13)23-16(25)15(24)22-6-2-7-26-10-12-3-1-8-27-12/h1,3-5,8-9H,2,6-7,10H2,(H,22,24)(H,23,25). The molecule has 0 atom stereocenters. The summed E-state index contributed by atoms with van der Waals surface area (Å²) < 4.78 is 48.5. The van der Waals surface area contributed by atoms with Crippen molar-refractivity contribution >= 4 is 29.1 Å². The van der Waals surface area contributed by atoms with Crippen LogP contribution in [-0.4, -0.2) is 25.0 Å². The lowest BCUT2D eigenvalue weighted by Gasteiger charge is -2.11. The smallest absolute Gasteiger partial charge is 0.416 e. The van der Waals surface area contributed by atoms with E-state index in [1.807, 2.05) is 0 Å². The van der Waals surface area contributed by atoms with Crippen LogP contribution in [0.1, 0.15) is 17.7 Å². The molecule has 10 heteroatoms. The molecule has 1 heterocycles. The molecule has 2 aromatic rings. The third kappa shape index (κ3) is 6.61. The molecule has 0 unspecified atom stereocenters. The molecule has 0 bridgehead atoms. The van der Waals surface area contributed by atoms with Gasteiger partial charge in [0.25, 0.3) is 0 Å². The fourth-order valence-electron chi connectivity index (χ4n) is 2.00. The Balaban J connectivity index is 1.74. The van der Waals surface area contributed by atoms with E-state index in [0.717, 1.165) is 12.1 Å². The first-order chi connectivity index (χ1) is 12.8. The molecule has 27 heavy (non-hydrogen) atoms. The number of ether oxygens (including phenoxy) is 1. The average Bonchev–Trinajstić information content (AvgIpc) is 3.12. The molecule has 0 aliphatic carbocycles. The molecular weight excluding hydrogens is 389 g/mol. The highest BCUT2D eigenvalue weighted by Crippen LogP contribution is 2.33. The summed E-state index contributed by atoms with van der Waals surface area (Å²) >= 11 is 5.76.